The zero-order valence-corrected chi connectivity index (χ0v) is 3.96. The van der Waals surface area contributed by atoms with Gasteiger partial charge in [0.1, 0.15) is 6.34 Å². The van der Waals surface area contributed by atoms with E-state index in [0.29, 0.717) is 0 Å². The Kier molecular flexibility index (Phi) is 1.42. The molecule has 0 saturated heterocycles. The number of hydrogen-bond donors (Lipinski definition) is 0. The van der Waals surface area contributed by atoms with Crippen LogP contribution in [0.1, 0.15) is 6.42 Å². The van der Waals surface area contributed by atoms with E-state index in [-0.39, 0.29) is 0 Å². The van der Waals surface area contributed by atoms with Crippen LogP contribution in [0.5, 0.6) is 0 Å². The van der Waals surface area contributed by atoms with E-state index in [1.165, 1.54) is 6.34 Å². The molecule has 1 aliphatic rings. The first kappa shape index (κ1) is 4.28. The van der Waals surface area contributed by atoms with Gasteiger partial charge < -0.3 is 0 Å². The number of aliphatic imine (C=N–C) groups is 2. The minimum atomic E-state index is 0.858. The van der Waals surface area contributed by atoms with Crippen LogP contribution >= 0.6 is 0 Å². The zero-order valence-electron chi connectivity index (χ0n) is 3.96. The highest BCUT2D eigenvalue weighted by Crippen LogP contribution is 1.81. The van der Waals surface area contributed by atoms with Gasteiger partial charge in [-0.25, -0.2) is 0 Å². The van der Waals surface area contributed by atoms with Gasteiger partial charge >= 0.3 is 0 Å². The van der Waals surface area contributed by atoms with Crippen molar-refractivity contribution in [3.8, 4) is 0 Å². The molecule has 0 N–H and O–H groups in total. The Hall–Kier alpha value is -0.880. The summed E-state index contributed by atoms with van der Waals surface area (Å²) in [6.45, 7) is 0.858. The van der Waals surface area contributed by atoms with E-state index in [2.05, 4.69) is 15.9 Å². The van der Waals surface area contributed by atoms with Crippen molar-refractivity contribution < 1.29 is 0 Å². The van der Waals surface area contributed by atoms with E-state index in [1.807, 2.05) is 6.08 Å². The molecule has 0 amide bonds. The molecule has 0 spiro atoms. The Bertz CT molecular complexity index is 129. The van der Waals surface area contributed by atoms with Crippen molar-refractivity contribution in [2.24, 2.45) is 9.98 Å². The number of hydrogen-bond acceptors (Lipinski definition) is 2. The molecule has 0 aromatic carbocycles. The second-order valence-electron chi connectivity index (χ2n) is 1.27. The molecule has 0 aliphatic carbocycles. The topological polar surface area (TPSA) is 24.7 Å². The predicted molar refractivity (Wildman–Crippen MR) is 30.0 cm³/mol. The lowest BCUT2D eigenvalue weighted by molar-refractivity contribution is 1.02. The summed E-state index contributed by atoms with van der Waals surface area (Å²) in [6, 6.07) is 0. The highest BCUT2D eigenvalue weighted by atomic mass is 14.8. The molecule has 1 heterocycles. The molecule has 2 heteroatoms. The van der Waals surface area contributed by atoms with Gasteiger partial charge in [-0.05, 0) is 18.4 Å². The summed E-state index contributed by atoms with van der Waals surface area (Å²) in [5, 5.41) is 0. The van der Waals surface area contributed by atoms with Crippen molar-refractivity contribution in [1.82, 2.24) is 0 Å². The standard InChI is InChI=1S/C5H6N2/c1-2-4-7-5-6-3-1/h1,5H,2,4H2. The summed E-state index contributed by atoms with van der Waals surface area (Å²) in [5.74, 6) is 2.70. The molecule has 2 nitrogen and oxygen atoms in total. The van der Waals surface area contributed by atoms with Crippen LogP contribution < -0.4 is 0 Å². The molecule has 0 bridgehead atoms. The van der Waals surface area contributed by atoms with Gasteiger partial charge in [-0.3, -0.25) is 4.99 Å². The first-order valence-corrected chi connectivity index (χ1v) is 2.25. The average molecular weight is 94.1 g/mol. The molecule has 7 heavy (non-hydrogen) atoms. The molecule has 0 aromatic heterocycles. The predicted octanol–water partition coefficient (Wildman–Crippen LogP) is 0.644. The molecule has 0 radical (unpaired) electrons. The minimum Gasteiger partial charge on any atom is -0.272 e. The normalized spacial score (nSPS) is 17.1. The quantitative estimate of drug-likeness (QED) is 0.421. The summed E-state index contributed by atoms with van der Waals surface area (Å²) in [4.78, 5) is 7.56. The number of rotatable bonds is 0. The molecule has 0 aromatic rings. The first-order valence-electron chi connectivity index (χ1n) is 2.25. The zero-order chi connectivity index (χ0) is 4.95. The lowest BCUT2D eigenvalue weighted by atomic mass is 10.4. The maximum Gasteiger partial charge on any atom is 0.119 e. The van der Waals surface area contributed by atoms with E-state index in [1.54, 1.807) is 0 Å². The van der Waals surface area contributed by atoms with Crippen molar-refractivity contribution in [3.63, 3.8) is 0 Å². The number of nitrogens with zero attached hydrogens (tertiary/aromatic N) is 2. The van der Waals surface area contributed by atoms with Crippen molar-refractivity contribution in [1.29, 1.82) is 0 Å². The van der Waals surface area contributed by atoms with Crippen LogP contribution in [0.3, 0.4) is 0 Å². The largest absolute Gasteiger partial charge is 0.272 e. The van der Waals surface area contributed by atoms with E-state index in [0.717, 1.165) is 13.0 Å². The average Bonchev–Trinajstić information content (AvgIpc) is 1.90. The molecule has 0 saturated carbocycles. The Labute approximate surface area is 42.3 Å². The fraction of sp³-hybridized carbons (Fsp3) is 0.400. The third-order valence-electron chi connectivity index (χ3n) is 0.708. The highest BCUT2D eigenvalue weighted by molar-refractivity contribution is 5.69. The van der Waals surface area contributed by atoms with Crippen molar-refractivity contribution in [3.05, 3.63) is 6.08 Å². The lowest BCUT2D eigenvalue weighted by Crippen LogP contribution is -1.71. The van der Waals surface area contributed by atoms with E-state index in [9.17, 15) is 0 Å². The molecule has 1 rings (SSSR count). The first-order chi connectivity index (χ1) is 3.50. The molecule has 1 aliphatic heterocycles. The van der Waals surface area contributed by atoms with Crippen LogP contribution in [0.2, 0.25) is 0 Å². The summed E-state index contributed by atoms with van der Waals surface area (Å²) in [7, 11) is 0. The van der Waals surface area contributed by atoms with Gasteiger partial charge in [0.2, 0.25) is 0 Å². The third kappa shape index (κ3) is 1.33. The minimum absolute atomic E-state index is 0.858. The maximum atomic E-state index is 3.89. The van der Waals surface area contributed by atoms with Gasteiger partial charge in [0, 0.05) is 6.54 Å². The molecule has 0 fully saturated rings. The van der Waals surface area contributed by atoms with Crippen molar-refractivity contribution >= 4 is 12.2 Å². The molecule has 0 atom stereocenters. The monoisotopic (exact) mass is 94.1 g/mol. The van der Waals surface area contributed by atoms with Crippen LogP contribution in [0.15, 0.2) is 16.1 Å². The SMILES string of the molecule is C1=CCCN=CN=1. The van der Waals surface area contributed by atoms with Gasteiger partial charge in [-0.2, -0.15) is 4.99 Å². The van der Waals surface area contributed by atoms with Crippen LogP contribution in [0, 0.1) is 0 Å². The smallest absolute Gasteiger partial charge is 0.119 e. The summed E-state index contributed by atoms with van der Waals surface area (Å²) < 4.78 is 0. The lowest BCUT2D eigenvalue weighted by Gasteiger charge is -1.75. The van der Waals surface area contributed by atoms with E-state index in [4.69, 9.17) is 0 Å². The second kappa shape index (κ2) is 2.32. The summed E-state index contributed by atoms with van der Waals surface area (Å²) in [6.07, 6.45) is 4.39. The fourth-order valence-corrected chi connectivity index (χ4v) is 0.388. The Balaban J connectivity index is 2.65. The van der Waals surface area contributed by atoms with Crippen LogP contribution in [0.4, 0.5) is 0 Å². The van der Waals surface area contributed by atoms with E-state index < -0.39 is 0 Å². The van der Waals surface area contributed by atoms with Crippen molar-refractivity contribution in [2.45, 2.75) is 6.42 Å². The van der Waals surface area contributed by atoms with Crippen LogP contribution in [-0.2, 0) is 0 Å². The Morgan fingerprint density at radius 1 is 1.57 bits per heavy atom. The molecular weight excluding hydrogens is 88.1 g/mol. The molecule has 0 unspecified atom stereocenters. The Morgan fingerprint density at radius 3 is 3.57 bits per heavy atom. The Morgan fingerprint density at radius 2 is 2.57 bits per heavy atom. The van der Waals surface area contributed by atoms with Crippen LogP contribution in [0.25, 0.3) is 0 Å². The van der Waals surface area contributed by atoms with Crippen molar-refractivity contribution in [2.75, 3.05) is 6.54 Å². The maximum absolute atomic E-state index is 3.89. The summed E-state index contributed by atoms with van der Waals surface area (Å²) in [5.41, 5.74) is 0. The van der Waals surface area contributed by atoms with Gasteiger partial charge in [0.05, 0.1) is 0 Å². The van der Waals surface area contributed by atoms with Crippen LogP contribution in [-0.4, -0.2) is 18.8 Å². The fourth-order valence-electron chi connectivity index (χ4n) is 0.388. The van der Waals surface area contributed by atoms with Gasteiger partial charge in [0.15, 0.2) is 0 Å². The van der Waals surface area contributed by atoms with Gasteiger partial charge in [-0.1, -0.05) is 0 Å². The second-order valence-corrected chi connectivity index (χ2v) is 1.27. The highest BCUT2D eigenvalue weighted by Gasteiger charge is 1.76. The third-order valence-corrected chi connectivity index (χ3v) is 0.708. The summed E-state index contributed by atoms with van der Waals surface area (Å²) >= 11 is 0. The van der Waals surface area contributed by atoms with Gasteiger partial charge in [0.25, 0.3) is 0 Å². The molecule has 36 valence electrons. The van der Waals surface area contributed by atoms with Gasteiger partial charge in [-0.15, -0.1) is 0 Å². The molecular formula is C5H6N2. The van der Waals surface area contributed by atoms with E-state index >= 15 is 0 Å².